The van der Waals surface area contributed by atoms with E-state index < -0.39 is 0 Å². The highest BCUT2D eigenvalue weighted by Crippen LogP contribution is 2.31. The van der Waals surface area contributed by atoms with Crippen LogP contribution in [0, 0.1) is 5.82 Å². The van der Waals surface area contributed by atoms with E-state index in [2.05, 4.69) is 15.2 Å². The first-order valence-corrected chi connectivity index (χ1v) is 9.00. The summed E-state index contributed by atoms with van der Waals surface area (Å²) in [5.41, 5.74) is 12.4. The van der Waals surface area contributed by atoms with Crippen LogP contribution in [-0.4, -0.2) is 37.1 Å². The minimum Gasteiger partial charge on any atom is -0.405 e. The van der Waals surface area contributed by atoms with Gasteiger partial charge in [-0.2, -0.15) is 0 Å². The molecule has 3 heterocycles. The van der Waals surface area contributed by atoms with Crippen LogP contribution in [0.15, 0.2) is 30.5 Å². The minimum absolute atomic E-state index is 0.167. The van der Waals surface area contributed by atoms with Crippen molar-refractivity contribution in [2.45, 2.75) is 13.1 Å². The van der Waals surface area contributed by atoms with Gasteiger partial charge in [0.05, 0.1) is 12.2 Å². The number of nitrogen functional groups attached to an aromatic ring is 1. The lowest BCUT2D eigenvalue weighted by Gasteiger charge is -2.27. The molecule has 0 saturated carbocycles. The summed E-state index contributed by atoms with van der Waals surface area (Å²) in [4.78, 5) is 18.7. The number of hydrogen-bond donors (Lipinski definition) is 2. The van der Waals surface area contributed by atoms with Crippen molar-refractivity contribution < 1.29 is 9.18 Å². The second-order valence-corrected chi connectivity index (χ2v) is 6.98. The maximum absolute atomic E-state index is 13.1. The Morgan fingerprint density at radius 1 is 1.22 bits per heavy atom. The van der Waals surface area contributed by atoms with E-state index in [0.29, 0.717) is 52.5 Å². The standard InChI is InChI=1S/C17H16FN7OS/c18-11-3-1-10(2-4-11)17(26)24-7-8-25-13(9-24)22-23-15(25)16-21-12(5-6-19)14(20)27-16/h1-6H,7-9,19-20H2/b6-5-. The van der Waals surface area contributed by atoms with Gasteiger partial charge < -0.3 is 20.9 Å². The fraction of sp³-hybridized carbons (Fsp3) is 0.176. The Hall–Kier alpha value is -3.27. The molecular weight excluding hydrogens is 369 g/mol. The molecule has 0 spiro atoms. The van der Waals surface area contributed by atoms with E-state index in [9.17, 15) is 9.18 Å². The lowest BCUT2D eigenvalue weighted by atomic mass is 10.2. The summed E-state index contributed by atoms with van der Waals surface area (Å²) in [5.74, 6) is 0.740. The van der Waals surface area contributed by atoms with Crippen LogP contribution >= 0.6 is 11.3 Å². The van der Waals surface area contributed by atoms with Gasteiger partial charge in [0.2, 0.25) is 0 Å². The summed E-state index contributed by atoms with van der Waals surface area (Å²) in [6.45, 7) is 1.34. The summed E-state index contributed by atoms with van der Waals surface area (Å²) in [5, 5.41) is 9.62. The zero-order valence-electron chi connectivity index (χ0n) is 14.2. The highest BCUT2D eigenvalue weighted by atomic mass is 32.1. The van der Waals surface area contributed by atoms with E-state index in [4.69, 9.17) is 11.5 Å². The van der Waals surface area contributed by atoms with Crippen LogP contribution in [-0.2, 0) is 13.1 Å². The van der Waals surface area contributed by atoms with Gasteiger partial charge in [0, 0.05) is 18.7 Å². The highest BCUT2D eigenvalue weighted by molar-refractivity contribution is 7.18. The SMILES string of the molecule is N/C=C\c1nc(-c2nnc3n2CCN(C(=O)c2ccc(F)cc2)C3)sc1N. The Labute approximate surface area is 157 Å². The molecule has 0 radical (unpaired) electrons. The predicted octanol–water partition coefficient (Wildman–Crippen LogP) is 1.71. The highest BCUT2D eigenvalue weighted by Gasteiger charge is 2.27. The van der Waals surface area contributed by atoms with Crippen LogP contribution in [0.25, 0.3) is 16.9 Å². The monoisotopic (exact) mass is 385 g/mol. The lowest BCUT2D eigenvalue weighted by molar-refractivity contribution is 0.0708. The van der Waals surface area contributed by atoms with Crippen LogP contribution in [0.5, 0.6) is 0 Å². The Bertz CT molecular complexity index is 1020. The quantitative estimate of drug-likeness (QED) is 0.709. The smallest absolute Gasteiger partial charge is 0.254 e. The van der Waals surface area contributed by atoms with Gasteiger partial charge in [0.1, 0.15) is 10.8 Å². The normalized spacial score (nSPS) is 13.9. The first-order chi connectivity index (χ1) is 13.1. The third-order valence-electron chi connectivity index (χ3n) is 4.26. The van der Waals surface area contributed by atoms with Crippen molar-refractivity contribution >= 4 is 28.3 Å². The van der Waals surface area contributed by atoms with Crippen molar-refractivity contribution in [2.75, 3.05) is 12.3 Å². The van der Waals surface area contributed by atoms with Gasteiger partial charge in [-0.1, -0.05) is 11.3 Å². The maximum atomic E-state index is 13.1. The van der Waals surface area contributed by atoms with Gasteiger partial charge in [-0.25, -0.2) is 9.37 Å². The number of halogens is 1. The van der Waals surface area contributed by atoms with Crippen LogP contribution in [0.3, 0.4) is 0 Å². The first-order valence-electron chi connectivity index (χ1n) is 8.18. The molecule has 0 fully saturated rings. The number of hydrogen-bond acceptors (Lipinski definition) is 7. The minimum atomic E-state index is -0.374. The second-order valence-electron chi connectivity index (χ2n) is 5.95. The number of aromatic nitrogens is 4. The molecule has 1 aliphatic heterocycles. The molecule has 0 aliphatic carbocycles. The molecule has 0 atom stereocenters. The van der Waals surface area contributed by atoms with Crippen LogP contribution < -0.4 is 11.5 Å². The number of fused-ring (bicyclic) bond motifs is 1. The third kappa shape index (κ3) is 3.14. The largest absolute Gasteiger partial charge is 0.405 e. The number of nitrogens with zero attached hydrogens (tertiary/aromatic N) is 5. The molecule has 0 unspecified atom stereocenters. The molecule has 1 aliphatic rings. The Morgan fingerprint density at radius 2 is 2.00 bits per heavy atom. The maximum Gasteiger partial charge on any atom is 0.254 e. The molecule has 138 valence electrons. The Balaban J connectivity index is 1.58. The Kier molecular flexibility index (Phi) is 4.32. The summed E-state index contributed by atoms with van der Waals surface area (Å²) >= 11 is 1.31. The number of benzene rings is 1. The molecule has 3 aromatic rings. The molecule has 1 amide bonds. The van der Waals surface area contributed by atoms with E-state index in [1.807, 2.05) is 4.57 Å². The molecule has 2 aromatic heterocycles. The van der Waals surface area contributed by atoms with Crippen molar-refractivity contribution in [2.24, 2.45) is 5.73 Å². The number of carbonyl (C=O) groups excluding carboxylic acids is 1. The third-order valence-corrected chi connectivity index (χ3v) is 5.15. The van der Waals surface area contributed by atoms with Crippen LogP contribution in [0.4, 0.5) is 9.39 Å². The number of carbonyl (C=O) groups is 1. The fourth-order valence-corrected chi connectivity index (χ4v) is 3.73. The van der Waals surface area contributed by atoms with Crippen molar-refractivity contribution in [3.8, 4) is 10.8 Å². The van der Waals surface area contributed by atoms with Gasteiger partial charge in [0.25, 0.3) is 5.91 Å². The van der Waals surface area contributed by atoms with Crippen molar-refractivity contribution in [3.05, 3.63) is 53.4 Å². The number of anilines is 1. The van der Waals surface area contributed by atoms with Crippen LogP contribution in [0.2, 0.25) is 0 Å². The van der Waals surface area contributed by atoms with Crippen molar-refractivity contribution in [3.63, 3.8) is 0 Å². The predicted molar refractivity (Wildman–Crippen MR) is 99.9 cm³/mol. The number of amides is 1. The first kappa shape index (κ1) is 17.2. The summed E-state index contributed by atoms with van der Waals surface area (Å²) in [6, 6.07) is 5.51. The second kappa shape index (κ2) is 6.80. The van der Waals surface area contributed by atoms with E-state index >= 15 is 0 Å². The fourth-order valence-electron chi connectivity index (χ4n) is 2.91. The van der Waals surface area contributed by atoms with E-state index in [0.717, 1.165) is 0 Å². The number of thiazole rings is 1. The van der Waals surface area contributed by atoms with Crippen LogP contribution in [0.1, 0.15) is 21.9 Å². The van der Waals surface area contributed by atoms with Gasteiger partial charge in [-0.15, -0.1) is 10.2 Å². The molecule has 8 nitrogen and oxygen atoms in total. The average Bonchev–Trinajstić information content (AvgIpc) is 3.25. The number of rotatable bonds is 3. The van der Waals surface area contributed by atoms with E-state index in [1.165, 1.54) is 41.8 Å². The van der Waals surface area contributed by atoms with E-state index in [-0.39, 0.29) is 11.7 Å². The number of nitrogens with two attached hydrogens (primary N) is 2. The van der Waals surface area contributed by atoms with Crippen molar-refractivity contribution in [1.29, 1.82) is 0 Å². The summed E-state index contributed by atoms with van der Waals surface area (Å²) < 4.78 is 15.0. The van der Waals surface area contributed by atoms with Gasteiger partial charge in [-0.05, 0) is 36.5 Å². The summed E-state index contributed by atoms with van der Waals surface area (Å²) in [7, 11) is 0. The van der Waals surface area contributed by atoms with Crippen molar-refractivity contribution in [1.82, 2.24) is 24.6 Å². The molecular formula is C17H16FN7OS. The Morgan fingerprint density at radius 3 is 2.74 bits per heavy atom. The molecule has 1 aromatic carbocycles. The van der Waals surface area contributed by atoms with Gasteiger partial charge in [-0.3, -0.25) is 4.79 Å². The molecule has 4 N–H and O–H groups in total. The molecule has 10 heteroatoms. The average molecular weight is 385 g/mol. The van der Waals surface area contributed by atoms with Gasteiger partial charge >= 0.3 is 0 Å². The molecule has 27 heavy (non-hydrogen) atoms. The lowest BCUT2D eigenvalue weighted by Crippen LogP contribution is -2.38. The van der Waals surface area contributed by atoms with E-state index in [1.54, 1.807) is 11.0 Å². The molecule has 0 bridgehead atoms. The molecule has 0 saturated heterocycles. The topological polar surface area (TPSA) is 116 Å². The zero-order valence-corrected chi connectivity index (χ0v) is 15.0. The van der Waals surface area contributed by atoms with Gasteiger partial charge in [0.15, 0.2) is 16.7 Å². The zero-order chi connectivity index (χ0) is 19.0. The molecule has 4 rings (SSSR count). The summed E-state index contributed by atoms with van der Waals surface area (Å²) in [6.07, 6.45) is 3.01.